The lowest BCUT2D eigenvalue weighted by atomic mass is 10.1. The molecule has 2 N–H and O–H groups in total. The Morgan fingerprint density at radius 1 is 1.60 bits per heavy atom. The molecule has 1 heterocycles. The van der Waals surface area contributed by atoms with Crippen LogP contribution in [0.15, 0.2) is 0 Å². The van der Waals surface area contributed by atoms with Gasteiger partial charge in [-0.05, 0) is 32.4 Å². The molecule has 0 aromatic carbocycles. The van der Waals surface area contributed by atoms with Crippen molar-refractivity contribution < 1.29 is 0 Å². The lowest BCUT2D eigenvalue weighted by molar-refractivity contribution is 0.209. The van der Waals surface area contributed by atoms with Crippen molar-refractivity contribution in [2.75, 3.05) is 19.6 Å². The highest BCUT2D eigenvalue weighted by atomic mass is 15.1. The number of nitrogens with two attached hydrogens (primary N) is 1. The number of likely N-dealkylation sites (tertiary alicyclic amines) is 1. The Morgan fingerprint density at radius 2 is 2.40 bits per heavy atom. The zero-order chi connectivity index (χ0) is 7.40. The van der Waals surface area contributed by atoms with Crippen molar-refractivity contribution in [3.8, 4) is 0 Å². The largest absolute Gasteiger partial charge is 0.327 e. The van der Waals surface area contributed by atoms with Crippen molar-refractivity contribution in [3.05, 3.63) is 0 Å². The van der Waals surface area contributed by atoms with Crippen LogP contribution in [0.5, 0.6) is 0 Å². The fraction of sp³-hybridized carbons (Fsp3) is 1.00. The molecule has 60 valence electrons. The van der Waals surface area contributed by atoms with Gasteiger partial charge in [-0.2, -0.15) is 0 Å². The fourth-order valence-corrected chi connectivity index (χ4v) is 1.61. The first-order valence-corrected chi connectivity index (χ1v) is 4.31. The Labute approximate surface area is 63.4 Å². The molecule has 1 aliphatic rings. The van der Waals surface area contributed by atoms with E-state index in [0.29, 0.717) is 6.04 Å². The van der Waals surface area contributed by atoms with Gasteiger partial charge in [0.1, 0.15) is 0 Å². The normalized spacial score (nSPS) is 28.8. The number of piperidine rings is 1. The lowest BCUT2D eigenvalue weighted by Gasteiger charge is -2.30. The zero-order valence-corrected chi connectivity index (χ0v) is 6.84. The molecular weight excluding hydrogens is 124 g/mol. The van der Waals surface area contributed by atoms with Crippen molar-refractivity contribution in [1.82, 2.24) is 4.90 Å². The first kappa shape index (κ1) is 8.02. The average Bonchev–Trinajstić information content (AvgIpc) is 1.88. The van der Waals surface area contributed by atoms with Crippen LogP contribution in [0.1, 0.15) is 26.2 Å². The van der Waals surface area contributed by atoms with Crippen LogP contribution in [0.25, 0.3) is 0 Å². The number of nitrogens with zero attached hydrogens (tertiary/aromatic N) is 1. The number of rotatable bonds is 2. The third-order valence-electron chi connectivity index (χ3n) is 2.08. The van der Waals surface area contributed by atoms with E-state index < -0.39 is 0 Å². The summed E-state index contributed by atoms with van der Waals surface area (Å²) in [6, 6.07) is 0.445. The molecular formula is C8H18N2. The summed E-state index contributed by atoms with van der Waals surface area (Å²) in [5.41, 5.74) is 5.81. The molecule has 1 atom stereocenters. The Balaban J connectivity index is 2.18. The molecule has 2 heteroatoms. The van der Waals surface area contributed by atoms with E-state index in [0.717, 1.165) is 6.54 Å². The molecule has 0 aromatic heterocycles. The second kappa shape index (κ2) is 3.94. The van der Waals surface area contributed by atoms with Gasteiger partial charge in [-0.25, -0.2) is 0 Å². The summed E-state index contributed by atoms with van der Waals surface area (Å²) < 4.78 is 0. The monoisotopic (exact) mass is 142 g/mol. The number of hydrogen-bond acceptors (Lipinski definition) is 2. The van der Waals surface area contributed by atoms with E-state index >= 15 is 0 Å². The summed E-state index contributed by atoms with van der Waals surface area (Å²) >= 11 is 0. The van der Waals surface area contributed by atoms with Crippen LogP contribution in [0.4, 0.5) is 0 Å². The van der Waals surface area contributed by atoms with Crippen molar-refractivity contribution >= 4 is 0 Å². The van der Waals surface area contributed by atoms with Gasteiger partial charge in [0, 0.05) is 12.6 Å². The maximum Gasteiger partial charge on any atom is 0.0168 e. The molecule has 0 spiro atoms. The molecule has 0 saturated carbocycles. The zero-order valence-electron chi connectivity index (χ0n) is 6.84. The molecule has 0 bridgehead atoms. The van der Waals surface area contributed by atoms with E-state index in [1.165, 1.54) is 32.4 Å². The van der Waals surface area contributed by atoms with Crippen LogP contribution in [0.2, 0.25) is 0 Å². The summed E-state index contributed by atoms with van der Waals surface area (Å²) in [6.45, 7) is 5.84. The van der Waals surface area contributed by atoms with Crippen LogP contribution in [-0.4, -0.2) is 30.6 Å². The van der Waals surface area contributed by atoms with Crippen LogP contribution in [0, 0.1) is 0 Å². The summed E-state index contributed by atoms with van der Waals surface area (Å²) in [4.78, 5) is 2.47. The summed E-state index contributed by atoms with van der Waals surface area (Å²) in [5.74, 6) is 0. The summed E-state index contributed by atoms with van der Waals surface area (Å²) in [6.07, 6.45) is 3.77. The van der Waals surface area contributed by atoms with Crippen molar-refractivity contribution in [2.24, 2.45) is 5.73 Å². The topological polar surface area (TPSA) is 29.3 Å². The third-order valence-corrected chi connectivity index (χ3v) is 2.08. The van der Waals surface area contributed by atoms with Crippen LogP contribution < -0.4 is 5.73 Å². The minimum Gasteiger partial charge on any atom is -0.327 e. The highest BCUT2D eigenvalue weighted by molar-refractivity contribution is 4.74. The predicted molar refractivity (Wildman–Crippen MR) is 43.9 cm³/mol. The molecule has 0 radical (unpaired) electrons. The molecule has 1 aliphatic heterocycles. The van der Waals surface area contributed by atoms with Crippen molar-refractivity contribution in [3.63, 3.8) is 0 Å². The fourth-order valence-electron chi connectivity index (χ4n) is 1.61. The molecule has 1 fully saturated rings. The molecule has 1 rings (SSSR count). The number of hydrogen-bond donors (Lipinski definition) is 1. The second-order valence-electron chi connectivity index (χ2n) is 3.20. The molecule has 0 unspecified atom stereocenters. The van der Waals surface area contributed by atoms with E-state index in [9.17, 15) is 0 Å². The molecule has 2 nitrogen and oxygen atoms in total. The van der Waals surface area contributed by atoms with Gasteiger partial charge in [-0.1, -0.05) is 6.92 Å². The molecule has 10 heavy (non-hydrogen) atoms. The van der Waals surface area contributed by atoms with E-state index in [1.54, 1.807) is 0 Å². The Kier molecular flexibility index (Phi) is 3.16. The Morgan fingerprint density at radius 3 is 3.00 bits per heavy atom. The Hall–Kier alpha value is -0.0800. The highest BCUT2D eigenvalue weighted by Crippen LogP contribution is 2.07. The van der Waals surface area contributed by atoms with Crippen molar-refractivity contribution in [1.29, 1.82) is 0 Å². The van der Waals surface area contributed by atoms with E-state index in [-0.39, 0.29) is 0 Å². The maximum absolute atomic E-state index is 5.81. The standard InChI is InChI=1S/C8H18N2/c1-2-5-10-6-3-4-8(9)7-10/h8H,2-7,9H2,1H3/t8-/m1/s1. The molecule has 0 aromatic rings. The predicted octanol–water partition coefficient (Wildman–Crippen LogP) is 0.820. The van der Waals surface area contributed by atoms with E-state index in [1.807, 2.05) is 0 Å². The lowest BCUT2D eigenvalue weighted by Crippen LogP contribution is -2.42. The van der Waals surface area contributed by atoms with Gasteiger partial charge in [0.05, 0.1) is 0 Å². The maximum atomic E-state index is 5.81. The molecule has 0 aliphatic carbocycles. The van der Waals surface area contributed by atoms with Gasteiger partial charge < -0.3 is 10.6 Å². The molecule has 1 saturated heterocycles. The quantitative estimate of drug-likeness (QED) is 0.618. The van der Waals surface area contributed by atoms with Gasteiger partial charge in [-0.3, -0.25) is 0 Å². The first-order chi connectivity index (χ1) is 4.83. The van der Waals surface area contributed by atoms with Crippen LogP contribution in [-0.2, 0) is 0 Å². The van der Waals surface area contributed by atoms with Gasteiger partial charge in [-0.15, -0.1) is 0 Å². The first-order valence-electron chi connectivity index (χ1n) is 4.31. The van der Waals surface area contributed by atoms with E-state index in [4.69, 9.17) is 5.73 Å². The molecule has 0 amide bonds. The van der Waals surface area contributed by atoms with Gasteiger partial charge in [0.2, 0.25) is 0 Å². The minimum absolute atomic E-state index is 0.445. The van der Waals surface area contributed by atoms with E-state index in [2.05, 4.69) is 11.8 Å². The summed E-state index contributed by atoms with van der Waals surface area (Å²) in [5, 5.41) is 0. The van der Waals surface area contributed by atoms with Gasteiger partial charge in [0.15, 0.2) is 0 Å². The van der Waals surface area contributed by atoms with Gasteiger partial charge >= 0.3 is 0 Å². The van der Waals surface area contributed by atoms with Crippen LogP contribution in [0.3, 0.4) is 0 Å². The SMILES string of the molecule is CCCN1CCC[C@@H](N)C1. The average molecular weight is 142 g/mol. The van der Waals surface area contributed by atoms with Gasteiger partial charge in [0.25, 0.3) is 0 Å². The van der Waals surface area contributed by atoms with Crippen molar-refractivity contribution in [2.45, 2.75) is 32.2 Å². The van der Waals surface area contributed by atoms with Crippen LogP contribution >= 0.6 is 0 Å². The minimum atomic E-state index is 0.445. The highest BCUT2D eigenvalue weighted by Gasteiger charge is 2.14. The third kappa shape index (κ3) is 2.27. The Bertz CT molecular complexity index is 91.3. The summed E-state index contributed by atoms with van der Waals surface area (Å²) in [7, 11) is 0. The second-order valence-corrected chi connectivity index (χ2v) is 3.20. The smallest absolute Gasteiger partial charge is 0.0168 e.